The predicted octanol–water partition coefficient (Wildman–Crippen LogP) is 4.19. The van der Waals surface area contributed by atoms with Crippen LogP contribution in [0, 0.1) is 11.8 Å². The van der Waals surface area contributed by atoms with Gasteiger partial charge >= 0.3 is 0 Å². The SMILES string of the molecule is CC(C)C1CCCCC1Nc1cccc2[nH]ncc12. The average molecular weight is 257 g/mol. The maximum absolute atomic E-state index is 4.14. The maximum atomic E-state index is 4.14. The fraction of sp³-hybridized carbons (Fsp3) is 0.562. The van der Waals surface area contributed by atoms with E-state index in [4.69, 9.17) is 0 Å². The number of nitrogens with zero attached hydrogens (tertiary/aromatic N) is 1. The van der Waals surface area contributed by atoms with Crippen molar-refractivity contribution in [1.29, 1.82) is 0 Å². The summed E-state index contributed by atoms with van der Waals surface area (Å²) in [5, 5.41) is 12.2. The lowest BCUT2D eigenvalue weighted by atomic mass is 9.77. The lowest BCUT2D eigenvalue weighted by Gasteiger charge is -2.35. The Morgan fingerprint density at radius 2 is 2.11 bits per heavy atom. The minimum atomic E-state index is 0.606. The van der Waals surface area contributed by atoms with Gasteiger partial charge in [0.25, 0.3) is 0 Å². The molecule has 102 valence electrons. The van der Waals surface area contributed by atoms with Crippen LogP contribution in [0.25, 0.3) is 10.9 Å². The van der Waals surface area contributed by atoms with Gasteiger partial charge in [-0.2, -0.15) is 5.10 Å². The Kier molecular flexibility index (Phi) is 3.45. The average Bonchev–Trinajstić information content (AvgIpc) is 2.88. The molecule has 1 aliphatic carbocycles. The van der Waals surface area contributed by atoms with Crippen molar-refractivity contribution in [2.24, 2.45) is 11.8 Å². The third-order valence-electron chi connectivity index (χ3n) is 4.50. The number of hydrogen-bond donors (Lipinski definition) is 2. The fourth-order valence-electron chi connectivity index (χ4n) is 3.43. The fourth-order valence-corrected chi connectivity index (χ4v) is 3.43. The van der Waals surface area contributed by atoms with Crippen LogP contribution in [0.4, 0.5) is 5.69 Å². The molecule has 1 aromatic carbocycles. The van der Waals surface area contributed by atoms with E-state index in [2.05, 4.69) is 47.6 Å². The smallest absolute Gasteiger partial charge is 0.0671 e. The van der Waals surface area contributed by atoms with Gasteiger partial charge in [0.05, 0.1) is 11.7 Å². The number of H-pyrrole nitrogens is 1. The number of hydrogen-bond acceptors (Lipinski definition) is 2. The van der Waals surface area contributed by atoms with Crippen LogP contribution in [0.5, 0.6) is 0 Å². The van der Waals surface area contributed by atoms with Gasteiger partial charge < -0.3 is 5.32 Å². The van der Waals surface area contributed by atoms with Crippen molar-refractivity contribution in [2.45, 2.75) is 45.6 Å². The Morgan fingerprint density at radius 3 is 2.95 bits per heavy atom. The first-order valence-corrected chi connectivity index (χ1v) is 7.44. The summed E-state index contributed by atoms with van der Waals surface area (Å²) < 4.78 is 0. The zero-order valence-electron chi connectivity index (χ0n) is 11.8. The van der Waals surface area contributed by atoms with Crippen LogP contribution in [-0.4, -0.2) is 16.2 Å². The Morgan fingerprint density at radius 1 is 1.26 bits per heavy atom. The van der Waals surface area contributed by atoms with Crippen molar-refractivity contribution in [1.82, 2.24) is 10.2 Å². The molecule has 0 radical (unpaired) electrons. The molecule has 3 nitrogen and oxygen atoms in total. The first-order valence-electron chi connectivity index (χ1n) is 7.44. The van der Waals surface area contributed by atoms with Gasteiger partial charge in [-0.05, 0) is 36.8 Å². The van der Waals surface area contributed by atoms with E-state index >= 15 is 0 Å². The molecular weight excluding hydrogens is 234 g/mol. The van der Waals surface area contributed by atoms with Crippen LogP contribution in [0.15, 0.2) is 24.4 Å². The van der Waals surface area contributed by atoms with Crippen molar-refractivity contribution >= 4 is 16.6 Å². The van der Waals surface area contributed by atoms with Gasteiger partial charge in [0.15, 0.2) is 0 Å². The summed E-state index contributed by atoms with van der Waals surface area (Å²) in [6.45, 7) is 4.70. The minimum absolute atomic E-state index is 0.606. The molecule has 0 bridgehead atoms. The van der Waals surface area contributed by atoms with Crippen molar-refractivity contribution in [3.63, 3.8) is 0 Å². The maximum Gasteiger partial charge on any atom is 0.0671 e. The normalized spacial score (nSPS) is 23.9. The van der Waals surface area contributed by atoms with Crippen LogP contribution in [0.2, 0.25) is 0 Å². The second-order valence-electron chi connectivity index (χ2n) is 6.08. The van der Waals surface area contributed by atoms with E-state index in [0.717, 1.165) is 17.4 Å². The number of aromatic amines is 1. The highest BCUT2D eigenvalue weighted by Crippen LogP contribution is 2.33. The molecule has 3 rings (SSSR count). The molecule has 19 heavy (non-hydrogen) atoms. The summed E-state index contributed by atoms with van der Waals surface area (Å²) in [5.74, 6) is 1.54. The van der Waals surface area contributed by atoms with Crippen LogP contribution in [0.3, 0.4) is 0 Å². The monoisotopic (exact) mass is 257 g/mol. The van der Waals surface area contributed by atoms with Crippen molar-refractivity contribution in [3.05, 3.63) is 24.4 Å². The summed E-state index contributed by atoms with van der Waals surface area (Å²) in [7, 11) is 0. The summed E-state index contributed by atoms with van der Waals surface area (Å²) in [6, 6.07) is 6.95. The lowest BCUT2D eigenvalue weighted by molar-refractivity contribution is 0.254. The first kappa shape index (κ1) is 12.5. The van der Waals surface area contributed by atoms with E-state index in [0.29, 0.717) is 6.04 Å². The third kappa shape index (κ3) is 2.46. The first-order chi connectivity index (χ1) is 9.25. The molecule has 0 spiro atoms. The van der Waals surface area contributed by atoms with Crippen LogP contribution in [0.1, 0.15) is 39.5 Å². The molecule has 0 amide bonds. The number of aromatic nitrogens is 2. The Balaban J connectivity index is 1.85. The Labute approximate surface area is 114 Å². The second-order valence-corrected chi connectivity index (χ2v) is 6.08. The van der Waals surface area contributed by atoms with Crippen molar-refractivity contribution in [2.75, 3.05) is 5.32 Å². The summed E-state index contributed by atoms with van der Waals surface area (Å²) in [6.07, 6.45) is 7.30. The predicted molar refractivity (Wildman–Crippen MR) is 80.3 cm³/mol. The highest BCUT2D eigenvalue weighted by molar-refractivity contribution is 5.90. The standard InChI is InChI=1S/C16H23N3/c1-11(2)12-6-3-4-7-14(12)18-15-8-5-9-16-13(15)10-17-19-16/h5,8-12,14,18H,3-4,6-7H2,1-2H3,(H,17,19). The highest BCUT2D eigenvalue weighted by Gasteiger charge is 2.27. The van der Waals surface area contributed by atoms with Gasteiger partial charge in [0.1, 0.15) is 0 Å². The summed E-state index contributed by atoms with van der Waals surface area (Å²) >= 11 is 0. The summed E-state index contributed by atoms with van der Waals surface area (Å²) in [4.78, 5) is 0. The molecule has 2 unspecified atom stereocenters. The molecule has 2 atom stereocenters. The highest BCUT2D eigenvalue weighted by atomic mass is 15.1. The van der Waals surface area contributed by atoms with E-state index in [-0.39, 0.29) is 0 Å². The van der Waals surface area contributed by atoms with E-state index < -0.39 is 0 Å². The van der Waals surface area contributed by atoms with Gasteiger partial charge in [-0.3, -0.25) is 5.10 Å². The zero-order chi connectivity index (χ0) is 13.2. The van der Waals surface area contributed by atoms with Crippen LogP contribution < -0.4 is 5.32 Å². The van der Waals surface area contributed by atoms with E-state index in [1.807, 2.05) is 6.20 Å². The Bertz CT molecular complexity index is 544. The number of benzene rings is 1. The van der Waals surface area contributed by atoms with Gasteiger partial charge in [0, 0.05) is 17.1 Å². The molecule has 3 heteroatoms. The second kappa shape index (κ2) is 5.24. The molecule has 1 saturated carbocycles. The van der Waals surface area contributed by atoms with Gasteiger partial charge in [0.2, 0.25) is 0 Å². The number of nitrogens with one attached hydrogen (secondary N) is 2. The van der Waals surface area contributed by atoms with Crippen molar-refractivity contribution < 1.29 is 0 Å². The molecule has 0 aliphatic heterocycles. The molecule has 1 aliphatic rings. The van der Waals surface area contributed by atoms with Gasteiger partial charge in [-0.15, -0.1) is 0 Å². The van der Waals surface area contributed by atoms with Gasteiger partial charge in [-0.1, -0.05) is 32.8 Å². The van der Waals surface area contributed by atoms with E-state index in [1.165, 1.54) is 36.8 Å². The van der Waals surface area contributed by atoms with E-state index in [1.54, 1.807) is 0 Å². The molecule has 1 heterocycles. The van der Waals surface area contributed by atoms with E-state index in [9.17, 15) is 0 Å². The quantitative estimate of drug-likeness (QED) is 0.865. The minimum Gasteiger partial charge on any atom is -0.381 e. The number of anilines is 1. The third-order valence-corrected chi connectivity index (χ3v) is 4.50. The number of fused-ring (bicyclic) bond motifs is 1. The molecule has 0 saturated heterocycles. The van der Waals surface area contributed by atoms with Gasteiger partial charge in [-0.25, -0.2) is 0 Å². The van der Waals surface area contributed by atoms with Crippen molar-refractivity contribution in [3.8, 4) is 0 Å². The molecule has 1 aromatic heterocycles. The zero-order valence-corrected chi connectivity index (χ0v) is 11.8. The largest absolute Gasteiger partial charge is 0.381 e. The van der Waals surface area contributed by atoms with Crippen LogP contribution >= 0.6 is 0 Å². The summed E-state index contributed by atoms with van der Waals surface area (Å²) in [5.41, 5.74) is 2.34. The molecule has 2 aromatic rings. The Hall–Kier alpha value is -1.51. The molecule has 2 N–H and O–H groups in total. The lowest BCUT2D eigenvalue weighted by Crippen LogP contribution is -2.35. The van der Waals surface area contributed by atoms with Crippen LogP contribution in [-0.2, 0) is 0 Å². The molecule has 1 fully saturated rings. The number of rotatable bonds is 3. The molecular formula is C16H23N3. The topological polar surface area (TPSA) is 40.7 Å².